The van der Waals surface area contributed by atoms with Gasteiger partial charge >= 0.3 is 0 Å². The lowest BCUT2D eigenvalue weighted by Crippen LogP contribution is -2.32. The van der Waals surface area contributed by atoms with Crippen molar-refractivity contribution < 1.29 is 18.0 Å². The largest absolute Gasteiger partial charge is 0.369 e. The zero-order valence-corrected chi connectivity index (χ0v) is 13.3. The first-order valence-corrected chi connectivity index (χ1v) is 8.94. The molecule has 1 fully saturated rings. The Morgan fingerprint density at radius 2 is 2.09 bits per heavy atom. The van der Waals surface area contributed by atoms with E-state index in [0.29, 0.717) is 18.5 Å². The van der Waals surface area contributed by atoms with Crippen molar-refractivity contribution in [3.05, 3.63) is 30.1 Å². The molecule has 1 aliphatic heterocycles. The van der Waals surface area contributed by atoms with E-state index in [1.54, 1.807) is 24.4 Å². The molecule has 0 aromatic carbocycles. The molecule has 0 aliphatic carbocycles. The van der Waals surface area contributed by atoms with Gasteiger partial charge in [0.1, 0.15) is 0 Å². The van der Waals surface area contributed by atoms with Crippen molar-refractivity contribution in [2.75, 3.05) is 19.3 Å². The fraction of sp³-hybridized carbons (Fsp3) is 0.357. The van der Waals surface area contributed by atoms with E-state index in [0.717, 1.165) is 6.26 Å². The van der Waals surface area contributed by atoms with Gasteiger partial charge in [0.05, 0.1) is 11.4 Å². The van der Waals surface area contributed by atoms with E-state index in [2.05, 4.69) is 4.98 Å². The molecule has 1 unspecified atom stereocenters. The zero-order chi connectivity index (χ0) is 16.8. The lowest BCUT2D eigenvalue weighted by atomic mass is 10.1. The zero-order valence-electron chi connectivity index (χ0n) is 12.5. The van der Waals surface area contributed by atoms with Gasteiger partial charge in [-0.3, -0.25) is 14.0 Å². The van der Waals surface area contributed by atoms with E-state index in [1.807, 2.05) is 0 Å². The van der Waals surface area contributed by atoms with Crippen LogP contribution in [0.3, 0.4) is 0 Å². The molecule has 0 saturated carbocycles. The van der Waals surface area contributed by atoms with Crippen LogP contribution in [-0.2, 0) is 14.6 Å². The maximum atomic E-state index is 12.7. The van der Waals surface area contributed by atoms with Crippen molar-refractivity contribution in [1.82, 2.24) is 14.3 Å². The number of imidazole rings is 1. The predicted molar refractivity (Wildman–Crippen MR) is 81.5 cm³/mol. The fourth-order valence-electron chi connectivity index (χ4n) is 2.76. The molecule has 2 aromatic rings. The molecule has 0 bridgehead atoms. The third kappa shape index (κ3) is 2.67. The smallest absolute Gasteiger partial charge is 0.274 e. The highest BCUT2D eigenvalue weighted by atomic mass is 32.2. The minimum Gasteiger partial charge on any atom is -0.369 e. The van der Waals surface area contributed by atoms with Gasteiger partial charge in [0.2, 0.25) is 20.9 Å². The first-order valence-electron chi connectivity index (χ1n) is 7.05. The molecule has 1 saturated heterocycles. The van der Waals surface area contributed by atoms with Gasteiger partial charge in [-0.15, -0.1) is 0 Å². The average Bonchev–Trinajstić information content (AvgIpc) is 3.11. The minimum absolute atomic E-state index is 0.0659. The lowest BCUT2D eigenvalue weighted by molar-refractivity contribution is -0.121. The summed E-state index contributed by atoms with van der Waals surface area (Å²) < 4.78 is 25.1. The van der Waals surface area contributed by atoms with E-state index in [4.69, 9.17) is 5.73 Å². The predicted octanol–water partition coefficient (Wildman–Crippen LogP) is -0.315. The van der Waals surface area contributed by atoms with E-state index < -0.39 is 21.7 Å². The van der Waals surface area contributed by atoms with E-state index in [1.165, 1.54) is 9.30 Å². The van der Waals surface area contributed by atoms with Gasteiger partial charge < -0.3 is 10.6 Å². The molecule has 0 radical (unpaired) electrons. The number of rotatable bonds is 3. The maximum Gasteiger partial charge on any atom is 0.274 e. The van der Waals surface area contributed by atoms with Gasteiger partial charge in [0, 0.05) is 25.5 Å². The number of likely N-dealkylation sites (tertiary alicyclic amines) is 1. The number of carbonyl (C=O) groups excluding carboxylic acids is 2. The number of fused-ring (bicyclic) bond motifs is 1. The third-order valence-electron chi connectivity index (χ3n) is 3.93. The number of nitrogens with zero attached hydrogens (tertiary/aromatic N) is 3. The summed E-state index contributed by atoms with van der Waals surface area (Å²) in [5.41, 5.74) is 5.76. The summed E-state index contributed by atoms with van der Waals surface area (Å²) in [6.45, 7) is 0.626. The minimum atomic E-state index is -3.58. The van der Waals surface area contributed by atoms with Gasteiger partial charge in [-0.05, 0) is 18.6 Å². The van der Waals surface area contributed by atoms with Crippen molar-refractivity contribution in [2.24, 2.45) is 11.7 Å². The van der Waals surface area contributed by atoms with Gasteiger partial charge in [0.25, 0.3) is 5.91 Å². The Morgan fingerprint density at radius 1 is 1.35 bits per heavy atom. The van der Waals surface area contributed by atoms with Crippen molar-refractivity contribution in [2.45, 2.75) is 11.6 Å². The molecule has 8 nitrogen and oxygen atoms in total. The lowest BCUT2D eigenvalue weighted by Gasteiger charge is -2.14. The summed E-state index contributed by atoms with van der Waals surface area (Å²) in [7, 11) is -3.58. The van der Waals surface area contributed by atoms with Gasteiger partial charge in [-0.1, -0.05) is 6.07 Å². The van der Waals surface area contributed by atoms with Crippen LogP contribution in [0.4, 0.5) is 0 Å². The number of sulfone groups is 1. The second-order valence-corrected chi connectivity index (χ2v) is 7.52. The van der Waals surface area contributed by atoms with Crippen LogP contribution < -0.4 is 5.73 Å². The molecule has 3 rings (SSSR count). The number of primary amides is 1. The fourth-order valence-corrected chi connectivity index (χ4v) is 3.53. The molecule has 23 heavy (non-hydrogen) atoms. The Hall–Kier alpha value is -2.42. The Labute approximate surface area is 132 Å². The number of carbonyl (C=O) groups is 2. The van der Waals surface area contributed by atoms with Crippen LogP contribution in [0, 0.1) is 5.92 Å². The van der Waals surface area contributed by atoms with Crippen molar-refractivity contribution >= 4 is 27.2 Å². The standard InChI is InChI=1S/C14H16N4O4S/c1-23(21,22)14-16-11(10-4-2-3-6-18(10)14)13(20)17-7-5-9(8-17)12(15)19/h2-4,6,9H,5,7-8H2,1H3,(H2,15,19). The molecule has 0 spiro atoms. The Kier molecular flexibility index (Phi) is 3.59. The summed E-state index contributed by atoms with van der Waals surface area (Å²) in [6.07, 6.45) is 3.10. The molecule has 2 N–H and O–H groups in total. The SMILES string of the molecule is CS(=O)(=O)c1nc(C(=O)N2CCC(C(N)=O)C2)c2ccccn12. The van der Waals surface area contributed by atoms with Crippen LogP contribution >= 0.6 is 0 Å². The molecule has 122 valence electrons. The Bertz CT molecular complexity index is 903. The average molecular weight is 336 g/mol. The van der Waals surface area contributed by atoms with Crippen LogP contribution in [0.5, 0.6) is 0 Å². The summed E-state index contributed by atoms with van der Waals surface area (Å²) in [5.74, 6) is -1.21. The molecular weight excluding hydrogens is 320 g/mol. The van der Waals surface area contributed by atoms with Gasteiger partial charge in [-0.25, -0.2) is 13.4 Å². The molecule has 9 heteroatoms. The number of amides is 2. The van der Waals surface area contributed by atoms with Crippen LogP contribution in [0.15, 0.2) is 29.6 Å². The van der Waals surface area contributed by atoms with Crippen LogP contribution in [-0.4, -0.2) is 53.9 Å². The molecule has 1 atom stereocenters. The molecule has 2 aromatic heterocycles. The highest BCUT2D eigenvalue weighted by molar-refractivity contribution is 7.90. The second kappa shape index (κ2) is 5.34. The monoisotopic (exact) mass is 336 g/mol. The number of pyridine rings is 1. The summed E-state index contributed by atoms with van der Waals surface area (Å²) >= 11 is 0. The highest BCUT2D eigenvalue weighted by Crippen LogP contribution is 2.22. The van der Waals surface area contributed by atoms with Crippen molar-refractivity contribution in [3.63, 3.8) is 0 Å². The normalized spacial score (nSPS) is 18.5. The number of hydrogen-bond acceptors (Lipinski definition) is 5. The van der Waals surface area contributed by atoms with E-state index in [9.17, 15) is 18.0 Å². The van der Waals surface area contributed by atoms with Crippen LogP contribution in [0.2, 0.25) is 0 Å². The van der Waals surface area contributed by atoms with Gasteiger partial charge in [0.15, 0.2) is 5.69 Å². The summed E-state index contributed by atoms with van der Waals surface area (Å²) in [4.78, 5) is 29.4. The number of aromatic nitrogens is 2. The van der Waals surface area contributed by atoms with E-state index >= 15 is 0 Å². The second-order valence-electron chi connectivity index (χ2n) is 5.61. The molecular formula is C14H16N4O4S. The summed E-state index contributed by atoms with van der Waals surface area (Å²) in [5, 5.41) is -0.179. The quantitative estimate of drug-likeness (QED) is 0.825. The van der Waals surface area contributed by atoms with Crippen molar-refractivity contribution in [1.29, 1.82) is 0 Å². The topological polar surface area (TPSA) is 115 Å². The molecule has 1 aliphatic rings. The van der Waals surface area contributed by atoms with Crippen molar-refractivity contribution in [3.8, 4) is 0 Å². The molecule has 2 amide bonds. The van der Waals surface area contributed by atoms with E-state index in [-0.39, 0.29) is 23.3 Å². The third-order valence-corrected chi connectivity index (χ3v) is 4.88. The van der Waals surface area contributed by atoms with Crippen LogP contribution in [0.1, 0.15) is 16.9 Å². The molecule has 3 heterocycles. The van der Waals surface area contributed by atoms with Crippen LogP contribution in [0.25, 0.3) is 5.52 Å². The number of hydrogen-bond donors (Lipinski definition) is 1. The van der Waals surface area contributed by atoms with Gasteiger partial charge in [-0.2, -0.15) is 0 Å². The highest BCUT2D eigenvalue weighted by Gasteiger charge is 2.33. The maximum absolute atomic E-state index is 12.7. The Balaban J connectivity index is 2.04. The first-order chi connectivity index (χ1) is 10.8. The summed E-state index contributed by atoms with van der Waals surface area (Å²) in [6, 6.07) is 5.00. The number of nitrogens with two attached hydrogens (primary N) is 1. The Morgan fingerprint density at radius 3 is 2.70 bits per heavy atom. The first kappa shape index (κ1) is 15.5.